The molecule has 0 atom stereocenters. The minimum Gasteiger partial charge on any atom is -0.310 e. The predicted octanol–water partition coefficient (Wildman–Crippen LogP) is 12.6. The summed E-state index contributed by atoms with van der Waals surface area (Å²) in [6.07, 6.45) is 0. The zero-order chi connectivity index (χ0) is 30.4. The molecule has 0 bridgehead atoms. The van der Waals surface area contributed by atoms with E-state index < -0.39 is 0 Å². The molecule has 1 aliphatic rings. The Morgan fingerprint density at radius 2 is 1.11 bits per heavy atom. The van der Waals surface area contributed by atoms with Gasteiger partial charge in [0, 0.05) is 22.5 Å². The second-order valence-corrected chi connectivity index (χ2v) is 13.6. The molecule has 0 amide bonds. The highest BCUT2D eigenvalue weighted by atomic mass is 15.1. The Balaban J connectivity index is 1.33. The van der Waals surface area contributed by atoms with Gasteiger partial charge in [-0.25, -0.2) is 0 Å². The number of hydrogen-bond acceptors (Lipinski definition) is 1. The third-order valence-electron chi connectivity index (χ3n) is 10.3. The summed E-state index contributed by atoms with van der Waals surface area (Å²) in [6.45, 7) is 9.30. The molecule has 0 fully saturated rings. The molecule has 1 aliphatic carbocycles. The molecule has 0 heterocycles. The predicted molar refractivity (Wildman–Crippen MR) is 194 cm³/mol. The lowest BCUT2D eigenvalue weighted by molar-refractivity contribution is 0.660. The molecule has 8 aromatic carbocycles. The van der Waals surface area contributed by atoms with Crippen LogP contribution in [0.3, 0.4) is 0 Å². The summed E-state index contributed by atoms with van der Waals surface area (Å²) < 4.78 is 0. The van der Waals surface area contributed by atoms with Crippen LogP contribution in [0, 0.1) is 0 Å². The van der Waals surface area contributed by atoms with E-state index in [1.165, 1.54) is 82.3 Å². The summed E-state index contributed by atoms with van der Waals surface area (Å²) in [5, 5.41) is 10.6. The van der Waals surface area contributed by atoms with Crippen molar-refractivity contribution in [3.8, 4) is 11.1 Å². The van der Waals surface area contributed by atoms with Crippen molar-refractivity contribution in [1.82, 2.24) is 0 Å². The van der Waals surface area contributed by atoms with Gasteiger partial charge in [-0.1, -0.05) is 125 Å². The van der Waals surface area contributed by atoms with Crippen molar-refractivity contribution in [3.05, 3.63) is 150 Å². The Morgan fingerprint density at radius 3 is 1.84 bits per heavy atom. The lowest BCUT2D eigenvalue weighted by Crippen LogP contribution is -2.16. The highest BCUT2D eigenvalue weighted by molar-refractivity contribution is 6.33. The quantitative estimate of drug-likeness (QED) is 0.149. The van der Waals surface area contributed by atoms with Crippen molar-refractivity contribution in [2.75, 3.05) is 4.90 Å². The van der Waals surface area contributed by atoms with Crippen molar-refractivity contribution in [2.45, 2.75) is 39.0 Å². The zero-order valence-electron chi connectivity index (χ0n) is 26.2. The van der Waals surface area contributed by atoms with E-state index in [-0.39, 0.29) is 5.41 Å². The molecule has 0 aliphatic heterocycles. The van der Waals surface area contributed by atoms with Gasteiger partial charge in [-0.3, -0.25) is 0 Å². The smallest absolute Gasteiger partial charge is 0.0474 e. The highest BCUT2D eigenvalue weighted by Crippen LogP contribution is 2.51. The molecule has 0 spiro atoms. The maximum Gasteiger partial charge on any atom is 0.0474 e. The molecule has 1 heteroatoms. The molecular weight excluding hydrogens is 542 g/mol. The topological polar surface area (TPSA) is 3.24 Å². The highest BCUT2D eigenvalue weighted by Gasteiger charge is 2.35. The lowest BCUT2D eigenvalue weighted by Gasteiger charge is -2.29. The van der Waals surface area contributed by atoms with Crippen LogP contribution in [0.4, 0.5) is 17.1 Å². The molecule has 0 saturated carbocycles. The van der Waals surface area contributed by atoms with Gasteiger partial charge in [0.15, 0.2) is 0 Å². The number of rotatable bonds is 4. The van der Waals surface area contributed by atoms with E-state index in [1.54, 1.807) is 0 Å². The fourth-order valence-corrected chi connectivity index (χ4v) is 8.05. The Hall–Kier alpha value is -5.14. The molecule has 9 rings (SSSR count). The van der Waals surface area contributed by atoms with Crippen LogP contribution in [0.15, 0.2) is 133 Å². The number of fused-ring (bicyclic) bond motifs is 5. The van der Waals surface area contributed by atoms with Gasteiger partial charge in [-0.05, 0) is 113 Å². The molecule has 0 radical (unpaired) electrons. The Kier molecular flexibility index (Phi) is 5.51. The SMILES string of the molecule is CC(C)c1cc2cccc3c4cc(N(c5ccccc5)c5ccc6c(c5)C(C)(C)c5ccccc5-6)cc5cccc(c(c1)c23)c54. The number of nitrogens with zero attached hydrogens (tertiary/aromatic N) is 1. The monoisotopic (exact) mass is 577 g/mol. The first-order chi connectivity index (χ1) is 21.9. The van der Waals surface area contributed by atoms with Gasteiger partial charge in [0.2, 0.25) is 0 Å². The van der Waals surface area contributed by atoms with E-state index in [2.05, 4.69) is 166 Å². The van der Waals surface area contributed by atoms with Crippen LogP contribution in [0.2, 0.25) is 0 Å². The van der Waals surface area contributed by atoms with E-state index in [9.17, 15) is 0 Å². The fraction of sp³-hybridized carbons (Fsp3) is 0.136. The number of hydrogen-bond donors (Lipinski definition) is 0. The van der Waals surface area contributed by atoms with Crippen LogP contribution in [0.25, 0.3) is 54.2 Å². The van der Waals surface area contributed by atoms with Crippen molar-refractivity contribution in [3.63, 3.8) is 0 Å². The normalized spacial score (nSPS) is 13.7. The Labute approximate surface area is 264 Å². The lowest BCUT2D eigenvalue weighted by atomic mass is 9.82. The first-order valence-electron chi connectivity index (χ1n) is 16.1. The van der Waals surface area contributed by atoms with Gasteiger partial charge in [0.05, 0.1) is 0 Å². The average Bonchev–Trinajstić information content (AvgIpc) is 3.29. The number of anilines is 3. The van der Waals surface area contributed by atoms with Gasteiger partial charge >= 0.3 is 0 Å². The zero-order valence-corrected chi connectivity index (χ0v) is 26.2. The number of para-hydroxylation sites is 1. The molecule has 0 unspecified atom stereocenters. The van der Waals surface area contributed by atoms with Gasteiger partial charge in [0.25, 0.3) is 0 Å². The van der Waals surface area contributed by atoms with Gasteiger partial charge in [-0.2, -0.15) is 0 Å². The van der Waals surface area contributed by atoms with Crippen molar-refractivity contribution >= 4 is 60.2 Å². The standard InChI is InChI=1S/C44H35N/c1-27(2)30-22-28-12-10-18-37-39-25-33(23-29-13-11-17-36(43(29)39)38(24-30)42(28)37)45(31-14-6-5-7-15-31)32-20-21-35-34-16-8-9-19-40(34)44(3,4)41(35)26-32/h5-27H,1-4H3. The number of benzene rings is 8. The van der Waals surface area contributed by atoms with Crippen LogP contribution >= 0.6 is 0 Å². The molecule has 0 N–H and O–H groups in total. The summed E-state index contributed by atoms with van der Waals surface area (Å²) in [5.41, 5.74) is 10.3. The molecule has 45 heavy (non-hydrogen) atoms. The maximum atomic E-state index is 2.44. The summed E-state index contributed by atoms with van der Waals surface area (Å²) in [5.74, 6) is 0.474. The molecule has 216 valence electrons. The van der Waals surface area contributed by atoms with Gasteiger partial charge < -0.3 is 4.90 Å². The molecule has 1 nitrogen and oxygen atoms in total. The summed E-state index contributed by atoms with van der Waals surface area (Å²) in [6, 6.07) is 50.1. The first-order valence-corrected chi connectivity index (χ1v) is 16.1. The first kappa shape index (κ1) is 26.3. The largest absolute Gasteiger partial charge is 0.310 e. The summed E-state index contributed by atoms with van der Waals surface area (Å²) in [4.78, 5) is 2.44. The van der Waals surface area contributed by atoms with Crippen LogP contribution in [0.1, 0.15) is 50.3 Å². The van der Waals surface area contributed by atoms with Crippen molar-refractivity contribution < 1.29 is 0 Å². The molecular formula is C44H35N. The molecule has 0 aromatic heterocycles. The van der Waals surface area contributed by atoms with E-state index in [1.807, 2.05) is 0 Å². The maximum absolute atomic E-state index is 2.44. The van der Waals surface area contributed by atoms with Crippen LogP contribution < -0.4 is 4.90 Å². The third kappa shape index (κ3) is 3.74. The van der Waals surface area contributed by atoms with E-state index in [4.69, 9.17) is 0 Å². The average molecular weight is 578 g/mol. The van der Waals surface area contributed by atoms with Crippen molar-refractivity contribution in [1.29, 1.82) is 0 Å². The van der Waals surface area contributed by atoms with Crippen molar-refractivity contribution in [2.24, 2.45) is 0 Å². The minimum atomic E-state index is -0.0667. The van der Waals surface area contributed by atoms with E-state index >= 15 is 0 Å². The minimum absolute atomic E-state index is 0.0667. The summed E-state index contributed by atoms with van der Waals surface area (Å²) in [7, 11) is 0. The third-order valence-corrected chi connectivity index (χ3v) is 10.3. The second-order valence-electron chi connectivity index (χ2n) is 13.6. The Bertz CT molecular complexity index is 2430. The van der Waals surface area contributed by atoms with E-state index in [0.717, 1.165) is 5.69 Å². The van der Waals surface area contributed by atoms with Crippen LogP contribution in [-0.4, -0.2) is 0 Å². The molecule has 0 saturated heterocycles. The molecule has 8 aromatic rings. The van der Waals surface area contributed by atoms with Gasteiger partial charge in [-0.15, -0.1) is 0 Å². The van der Waals surface area contributed by atoms with Gasteiger partial charge in [0.1, 0.15) is 0 Å². The van der Waals surface area contributed by atoms with Crippen LogP contribution in [0.5, 0.6) is 0 Å². The van der Waals surface area contributed by atoms with E-state index in [0.29, 0.717) is 5.92 Å². The van der Waals surface area contributed by atoms with Crippen LogP contribution in [-0.2, 0) is 5.41 Å². The Morgan fingerprint density at radius 1 is 0.467 bits per heavy atom. The fourth-order valence-electron chi connectivity index (χ4n) is 8.05. The summed E-state index contributed by atoms with van der Waals surface area (Å²) >= 11 is 0. The second kappa shape index (κ2) is 9.43.